The lowest BCUT2D eigenvalue weighted by Crippen LogP contribution is -2.09. The standard InChI is InChI=1S/C13H11FN2O4/c1-2-20-13(19)10-7-11(12(17)18)16(15-10)9-5-3-8(14)4-6-9/h3-7H,2H2,1H3,(H,17,18). The summed E-state index contributed by atoms with van der Waals surface area (Å²) in [6, 6.07) is 6.19. The van der Waals surface area contributed by atoms with Crippen LogP contribution in [0.3, 0.4) is 0 Å². The zero-order chi connectivity index (χ0) is 14.7. The molecule has 6 nitrogen and oxygen atoms in total. The third kappa shape index (κ3) is 2.66. The van der Waals surface area contributed by atoms with E-state index in [4.69, 9.17) is 9.84 Å². The van der Waals surface area contributed by atoms with Crippen molar-refractivity contribution in [2.75, 3.05) is 6.61 Å². The van der Waals surface area contributed by atoms with Crippen molar-refractivity contribution in [3.63, 3.8) is 0 Å². The SMILES string of the molecule is CCOC(=O)c1cc(C(=O)O)n(-c2ccc(F)cc2)n1. The Balaban J connectivity index is 2.48. The fourth-order valence-corrected chi connectivity index (χ4v) is 1.62. The minimum Gasteiger partial charge on any atom is -0.477 e. The zero-order valence-electron chi connectivity index (χ0n) is 10.5. The number of nitrogens with zero attached hydrogens (tertiary/aromatic N) is 2. The van der Waals surface area contributed by atoms with E-state index in [9.17, 15) is 14.0 Å². The van der Waals surface area contributed by atoms with Crippen molar-refractivity contribution < 1.29 is 23.8 Å². The number of ether oxygens (including phenoxy) is 1. The van der Waals surface area contributed by atoms with Crippen LogP contribution < -0.4 is 0 Å². The molecule has 0 amide bonds. The van der Waals surface area contributed by atoms with E-state index >= 15 is 0 Å². The number of carbonyl (C=O) groups excluding carboxylic acids is 1. The molecule has 0 aliphatic carbocycles. The number of benzene rings is 1. The number of hydrogen-bond acceptors (Lipinski definition) is 4. The summed E-state index contributed by atoms with van der Waals surface area (Å²) < 4.78 is 18.7. The summed E-state index contributed by atoms with van der Waals surface area (Å²) in [4.78, 5) is 22.7. The predicted octanol–water partition coefficient (Wildman–Crippen LogP) is 1.89. The maximum Gasteiger partial charge on any atom is 0.358 e. The highest BCUT2D eigenvalue weighted by Gasteiger charge is 2.20. The van der Waals surface area contributed by atoms with E-state index in [1.54, 1.807) is 6.92 Å². The Morgan fingerprint density at radius 1 is 1.35 bits per heavy atom. The maximum absolute atomic E-state index is 12.9. The van der Waals surface area contributed by atoms with Crippen molar-refractivity contribution in [2.24, 2.45) is 0 Å². The van der Waals surface area contributed by atoms with Crippen molar-refractivity contribution in [2.45, 2.75) is 6.92 Å². The molecule has 0 radical (unpaired) electrons. The van der Waals surface area contributed by atoms with Crippen molar-refractivity contribution >= 4 is 11.9 Å². The number of carboxylic acid groups (broad SMARTS) is 1. The molecule has 1 heterocycles. The second-order valence-electron chi connectivity index (χ2n) is 3.83. The molecule has 1 N–H and O–H groups in total. The fraction of sp³-hybridized carbons (Fsp3) is 0.154. The summed E-state index contributed by atoms with van der Waals surface area (Å²) in [7, 11) is 0. The number of hydrogen-bond donors (Lipinski definition) is 1. The molecule has 1 aromatic carbocycles. The minimum absolute atomic E-state index is 0.117. The normalized spacial score (nSPS) is 10.3. The lowest BCUT2D eigenvalue weighted by Gasteiger charge is -2.03. The molecule has 7 heteroatoms. The van der Waals surface area contributed by atoms with E-state index in [2.05, 4.69) is 5.10 Å². The monoisotopic (exact) mass is 278 g/mol. The Morgan fingerprint density at radius 2 is 2.00 bits per heavy atom. The Labute approximate surface area is 113 Å². The molecular weight excluding hydrogens is 267 g/mol. The first-order valence-electron chi connectivity index (χ1n) is 5.79. The molecule has 0 unspecified atom stereocenters. The van der Waals surface area contributed by atoms with E-state index in [0.29, 0.717) is 5.69 Å². The summed E-state index contributed by atoms with van der Waals surface area (Å²) in [5, 5.41) is 13.0. The Kier molecular flexibility index (Phi) is 3.79. The lowest BCUT2D eigenvalue weighted by atomic mass is 10.3. The molecule has 0 aliphatic heterocycles. The molecule has 0 saturated carbocycles. The topological polar surface area (TPSA) is 81.4 Å². The van der Waals surface area contributed by atoms with E-state index in [1.807, 2.05) is 0 Å². The highest BCUT2D eigenvalue weighted by atomic mass is 19.1. The number of aromatic nitrogens is 2. The van der Waals surface area contributed by atoms with Gasteiger partial charge in [0.25, 0.3) is 0 Å². The van der Waals surface area contributed by atoms with Gasteiger partial charge in [0.1, 0.15) is 5.82 Å². The van der Waals surface area contributed by atoms with Crippen LogP contribution >= 0.6 is 0 Å². The van der Waals surface area contributed by atoms with Gasteiger partial charge in [0.2, 0.25) is 0 Å². The Hall–Kier alpha value is -2.70. The van der Waals surface area contributed by atoms with Crippen LogP contribution in [0, 0.1) is 5.82 Å². The highest BCUT2D eigenvalue weighted by molar-refractivity contribution is 5.93. The molecule has 104 valence electrons. The van der Waals surface area contributed by atoms with Gasteiger partial charge in [-0.1, -0.05) is 0 Å². The number of carbonyl (C=O) groups is 2. The molecule has 0 spiro atoms. The van der Waals surface area contributed by atoms with E-state index in [-0.39, 0.29) is 18.0 Å². The molecule has 0 atom stereocenters. The average Bonchev–Trinajstić information content (AvgIpc) is 2.85. The highest BCUT2D eigenvalue weighted by Crippen LogP contribution is 2.14. The van der Waals surface area contributed by atoms with Crippen LogP contribution in [-0.2, 0) is 4.74 Å². The zero-order valence-corrected chi connectivity index (χ0v) is 10.5. The number of aromatic carboxylic acids is 1. The van der Waals surface area contributed by atoms with E-state index in [1.165, 1.54) is 24.3 Å². The summed E-state index contributed by atoms with van der Waals surface area (Å²) >= 11 is 0. The van der Waals surface area contributed by atoms with Gasteiger partial charge in [-0.2, -0.15) is 5.10 Å². The van der Waals surface area contributed by atoms with Crippen LogP contribution in [0.15, 0.2) is 30.3 Å². The van der Waals surface area contributed by atoms with Gasteiger partial charge in [-0.3, -0.25) is 0 Å². The van der Waals surface area contributed by atoms with Crippen molar-refractivity contribution in [1.29, 1.82) is 0 Å². The maximum atomic E-state index is 12.9. The second-order valence-corrected chi connectivity index (χ2v) is 3.83. The van der Waals surface area contributed by atoms with Crippen molar-refractivity contribution in [3.8, 4) is 5.69 Å². The molecule has 1 aromatic heterocycles. The van der Waals surface area contributed by atoms with E-state index < -0.39 is 17.8 Å². The third-order valence-corrected chi connectivity index (χ3v) is 2.48. The first kappa shape index (κ1) is 13.7. The van der Waals surface area contributed by atoms with Crippen molar-refractivity contribution in [3.05, 3.63) is 47.5 Å². The van der Waals surface area contributed by atoms with Crippen molar-refractivity contribution in [1.82, 2.24) is 9.78 Å². The van der Waals surface area contributed by atoms with Crippen LogP contribution in [-0.4, -0.2) is 33.4 Å². The smallest absolute Gasteiger partial charge is 0.358 e. The minimum atomic E-state index is -1.25. The van der Waals surface area contributed by atoms with Gasteiger partial charge in [0, 0.05) is 6.07 Å². The summed E-state index contributed by atoms with van der Waals surface area (Å²) in [6.07, 6.45) is 0. The van der Waals surface area contributed by atoms with Gasteiger partial charge in [-0.15, -0.1) is 0 Å². The molecule has 0 aliphatic rings. The van der Waals surface area contributed by atoms with Crippen LogP contribution in [0.4, 0.5) is 4.39 Å². The summed E-state index contributed by atoms with van der Waals surface area (Å²) in [5.74, 6) is -2.42. The molecule has 0 bridgehead atoms. The van der Waals surface area contributed by atoms with Gasteiger partial charge in [-0.05, 0) is 31.2 Å². The van der Waals surface area contributed by atoms with Gasteiger partial charge in [-0.25, -0.2) is 18.7 Å². The molecule has 2 aromatic rings. The van der Waals surface area contributed by atoms with Crippen LogP contribution in [0.25, 0.3) is 5.69 Å². The first-order chi connectivity index (χ1) is 9.52. The third-order valence-electron chi connectivity index (χ3n) is 2.48. The molecule has 0 fully saturated rings. The second kappa shape index (κ2) is 5.52. The number of esters is 1. The van der Waals surface area contributed by atoms with Gasteiger partial charge in [0.15, 0.2) is 11.4 Å². The largest absolute Gasteiger partial charge is 0.477 e. The van der Waals surface area contributed by atoms with Gasteiger partial charge in [0.05, 0.1) is 12.3 Å². The Bertz CT molecular complexity index is 649. The number of carboxylic acids is 1. The van der Waals surface area contributed by atoms with Crippen LogP contribution in [0.2, 0.25) is 0 Å². The number of halogens is 1. The molecular formula is C13H11FN2O4. The average molecular weight is 278 g/mol. The number of rotatable bonds is 4. The Morgan fingerprint density at radius 3 is 2.55 bits per heavy atom. The van der Waals surface area contributed by atoms with Gasteiger partial charge < -0.3 is 9.84 Å². The predicted molar refractivity (Wildman–Crippen MR) is 66.4 cm³/mol. The fourth-order valence-electron chi connectivity index (χ4n) is 1.62. The molecule has 2 rings (SSSR count). The summed E-state index contributed by atoms with van der Waals surface area (Å²) in [6.45, 7) is 1.79. The van der Waals surface area contributed by atoms with E-state index in [0.717, 1.165) is 10.7 Å². The first-order valence-corrected chi connectivity index (χ1v) is 5.79. The van der Waals surface area contributed by atoms with Crippen LogP contribution in [0.1, 0.15) is 27.9 Å². The quantitative estimate of drug-likeness (QED) is 0.864. The molecule has 0 saturated heterocycles. The molecule has 20 heavy (non-hydrogen) atoms. The van der Waals surface area contributed by atoms with Gasteiger partial charge >= 0.3 is 11.9 Å². The lowest BCUT2D eigenvalue weighted by molar-refractivity contribution is 0.0518. The summed E-state index contributed by atoms with van der Waals surface area (Å²) in [5.41, 5.74) is 0.00702. The van der Waals surface area contributed by atoms with Crippen LogP contribution in [0.5, 0.6) is 0 Å².